The van der Waals surface area contributed by atoms with E-state index < -0.39 is 0 Å². The number of fused-ring (bicyclic) bond motifs is 1. The Morgan fingerprint density at radius 1 is 1.50 bits per heavy atom. The second kappa shape index (κ2) is 3.59. The molecule has 2 rings (SSSR count). The van der Waals surface area contributed by atoms with Gasteiger partial charge in [0.2, 0.25) is 5.43 Å². The monoisotopic (exact) mass is 216 g/mol. The van der Waals surface area contributed by atoms with Crippen LogP contribution in [0, 0.1) is 11.3 Å². The normalized spacial score (nSPS) is 10.0. The summed E-state index contributed by atoms with van der Waals surface area (Å²) in [5, 5.41) is 18.5. The number of nitrogens with one attached hydrogen (secondary N) is 1. The number of phenolic OH excluding ortho intramolecular Hbond substituents is 1. The van der Waals surface area contributed by atoms with Gasteiger partial charge in [0.1, 0.15) is 11.6 Å². The SMILES string of the molecule is COc1cc2c(=O)c(C#N)c[nH]c2cc1O. The van der Waals surface area contributed by atoms with E-state index in [-0.39, 0.29) is 22.5 Å². The predicted molar refractivity (Wildman–Crippen MR) is 57.5 cm³/mol. The van der Waals surface area contributed by atoms with E-state index >= 15 is 0 Å². The van der Waals surface area contributed by atoms with Crippen molar-refractivity contribution in [2.45, 2.75) is 0 Å². The van der Waals surface area contributed by atoms with Crippen LogP contribution in [-0.2, 0) is 0 Å². The fraction of sp³-hybridized carbons (Fsp3) is 0.0909. The summed E-state index contributed by atoms with van der Waals surface area (Å²) in [5.41, 5.74) is 0.108. The molecule has 0 aliphatic carbocycles. The number of phenols is 1. The van der Waals surface area contributed by atoms with E-state index in [9.17, 15) is 9.90 Å². The Kier molecular flexibility index (Phi) is 2.25. The Morgan fingerprint density at radius 3 is 2.88 bits per heavy atom. The molecule has 0 bridgehead atoms. The molecule has 1 aromatic heterocycles. The maximum atomic E-state index is 11.8. The molecule has 0 amide bonds. The number of H-pyrrole nitrogens is 1. The molecule has 5 nitrogen and oxygen atoms in total. The van der Waals surface area contributed by atoms with Crippen molar-refractivity contribution in [2.24, 2.45) is 0 Å². The minimum Gasteiger partial charge on any atom is -0.504 e. The summed E-state index contributed by atoms with van der Waals surface area (Å²) < 4.78 is 4.90. The fourth-order valence-corrected chi connectivity index (χ4v) is 1.48. The maximum Gasteiger partial charge on any atom is 0.207 e. The third kappa shape index (κ3) is 1.37. The highest BCUT2D eigenvalue weighted by molar-refractivity contribution is 5.83. The molecule has 16 heavy (non-hydrogen) atoms. The van der Waals surface area contributed by atoms with Crippen molar-refractivity contribution >= 4 is 10.9 Å². The summed E-state index contributed by atoms with van der Waals surface area (Å²) in [7, 11) is 1.39. The lowest BCUT2D eigenvalue weighted by atomic mass is 10.1. The van der Waals surface area contributed by atoms with E-state index in [4.69, 9.17) is 10.00 Å². The van der Waals surface area contributed by atoms with Gasteiger partial charge in [0.15, 0.2) is 11.5 Å². The zero-order valence-corrected chi connectivity index (χ0v) is 8.44. The van der Waals surface area contributed by atoms with Gasteiger partial charge < -0.3 is 14.8 Å². The van der Waals surface area contributed by atoms with Crippen molar-refractivity contribution in [3.05, 3.63) is 34.1 Å². The first-order valence-electron chi connectivity index (χ1n) is 4.50. The number of nitriles is 1. The number of aromatic nitrogens is 1. The molecule has 1 heterocycles. The van der Waals surface area contributed by atoms with Gasteiger partial charge in [-0.2, -0.15) is 5.26 Å². The van der Waals surface area contributed by atoms with Crippen molar-refractivity contribution in [3.8, 4) is 17.6 Å². The van der Waals surface area contributed by atoms with Crippen LogP contribution in [0.3, 0.4) is 0 Å². The minimum atomic E-state index is -0.380. The second-order valence-corrected chi connectivity index (χ2v) is 3.21. The molecule has 5 heteroatoms. The van der Waals surface area contributed by atoms with E-state index in [1.165, 1.54) is 25.4 Å². The Bertz CT molecular complexity index is 653. The zero-order valence-electron chi connectivity index (χ0n) is 8.44. The standard InChI is InChI=1S/C11H8N2O3/c1-16-10-2-7-8(3-9(10)14)13-5-6(4-12)11(7)15/h2-3,5,14H,1H3,(H,13,15). The van der Waals surface area contributed by atoms with Gasteiger partial charge in [0.05, 0.1) is 18.0 Å². The van der Waals surface area contributed by atoms with E-state index in [0.717, 1.165) is 0 Å². The lowest BCUT2D eigenvalue weighted by Gasteiger charge is -2.05. The van der Waals surface area contributed by atoms with Crippen molar-refractivity contribution in [1.82, 2.24) is 4.98 Å². The molecular formula is C11H8N2O3. The number of benzene rings is 1. The summed E-state index contributed by atoms with van der Waals surface area (Å²) >= 11 is 0. The minimum absolute atomic E-state index is 0.0280. The molecule has 0 atom stereocenters. The van der Waals surface area contributed by atoms with Gasteiger partial charge in [0.25, 0.3) is 0 Å². The van der Waals surface area contributed by atoms with Gasteiger partial charge in [-0.15, -0.1) is 0 Å². The van der Waals surface area contributed by atoms with Gasteiger partial charge in [-0.1, -0.05) is 0 Å². The zero-order chi connectivity index (χ0) is 11.7. The molecule has 0 unspecified atom stereocenters. The summed E-state index contributed by atoms with van der Waals surface area (Å²) in [4.78, 5) is 14.5. The fourth-order valence-electron chi connectivity index (χ4n) is 1.48. The number of aromatic hydroxyl groups is 1. The molecule has 0 radical (unpaired) electrons. The summed E-state index contributed by atoms with van der Waals surface area (Å²) in [6.07, 6.45) is 1.32. The summed E-state index contributed by atoms with van der Waals surface area (Å²) in [6, 6.07) is 4.59. The largest absolute Gasteiger partial charge is 0.504 e. The number of aromatic amines is 1. The molecule has 2 aromatic rings. The van der Waals surface area contributed by atoms with Crippen LogP contribution in [0.2, 0.25) is 0 Å². The van der Waals surface area contributed by atoms with Gasteiger partial charge in [-0.3, -0.25) is 4.79 Å². The maximum absolute atomic E-state index is 11.8. The molecule has 1 aromatic carbocycles. The smallest absolute Gasteiger partial charge is 0.207 e. The average molecular weight is 216 g/mol. The summed E-state index contributed by atoms with van der Waals surface area (Å²) in [6.45, 7) is 0. The number of methoxy groups -OCH3 is 1. The van der Waals surface area contributed by atoms with E-state index in [1.54, 1.807) is 6.07 Å². The van der Waals surface area contributed by atoms with Crippen LogP contribution in [-0.4, -0.2) is 17.2 Å². The lowest BCUT2D eigenvalue weighted by Crippen LogP contribution is -2.07. The topological polar surface area (TPSA) is 86.1 Å². The molecule has 0 aliphatic heterocycles. The van der Waals surface area contributed by atoms with Crippen LogP contribution in [0.25, 0.3) is 10.9 Å². The van der Waals surface area contributed by atoms with Crippen LogP contribution in [0.5, 0.6) is 11.5 Å². The highest BCUT2D eigenvalue weighted by Gasteiger charge is 2.09. The lowest BCUT2D eigenvalue weighted by molar-refractivity contribution is 0.374. The van der Waals surface area contributed by atoms with Crippen molar-refractivity contribution in [2.75, 3.05) is 7.11 Å². The number of nitrogens with zero attached hydrogens (tertiary/aromatic N) is 1. The van der Waals surface area contributed by atoms with E-state index in [0.29, 0.717) is 10.9 Å². The number of hydrogen-bond acceptors (Lipinski definition) is 4. The average Bonchev–Trinajstić information content (AvgIpc) is 2.29. The first kappa shape index (κ1) is 10.1. The highest BCUT2D eigenvalue weighted by atomic mass is 16.5. The molecule has 2 N–H and O–H groups in total. The number of pyridine rings is 1. The van der Waals surface area contributed by atoms with Gasteiger partial charge >= 0.3 is 0 Å². The highest BCUT2D eigenvalue weighted by Crippen LogP contribution is 2.28. The van der Waals surface area contributed by atoms with Gasteiger partial charge in [-0.25, -0.2) is 0 Å². The van der Waals surface area contributed by atoms with Crippen LogP contribution in [0.4, 0.5) is 0 Å². The molecule has 80 valence electrons. The van der Waals surface area contributed by atoms with Crippen molar-refractivity contribution in [1.29, 1.82) is 5.26 Å². The molecule has 0 saturated heterocycles. The second-order valence-electron chi connectivity index (χ2n) is 3.21. The third-order valence-electron chi connectivity index (χ3n) is 2.30. The summed E-state index contributed by atoms with van der Waals surface area (Å²) in [5.74, 6) is 0.142. The Balaban J connectivity index is 2.89. The molecular weight excluding hydrogens is 208 g/mol. The van der Waals surface area contributed by atoms with Crippen molar-refractivity contribution in [3.63, 3.8) is 0 Å². The number of rotatable bonds is 1. The van der Waals surface area contributed by atoms with Gasteiger partial charge in [-0.05, 0) is 6.07 Å². The van der Waals surface area contributed by atoms with Crippen LogP contribution < -0.4 is 10.2 Å². The van der Waals surface area contributed by atoms with E-state index in [2.05, 4.69) is 4.98 Å². The quantitative estimate of drug-likeness (QED) is 0.747. The van der Waals surface area contributed by atoms with Crippen LogP contribution in [0.15, 0.2) is 23.1 Å². The number of hydrogen-bond donors (Lipinski definition) is 2. The Hall–Kier alpha value is -2.48. The molecule has 0 spiro atoms. The molecule has 0 saturated carbocycles. The van der Waals surface area contributed by atoms with Crippen LogP contribution >= 0.6 is 0 Å². The molecule has 0 aliphatic rings. The molecule has 0 fully saturated rings. The van der Waals surface area contributed by atoms with Crippen LogP contribution in [0.1, 0.15) is 5.56 Å². The Labute approximate surface area is 90.5 Å². The van der Waals surface area contributed by atoms with Gasteiger partial charge in [0, 0.05) is 12.3 Å². The Morgan fingerprint density at radius 2 is 2.25 bits per heavy atom. The predicted octanol–water partition coefficient (Wildman–Crippen LogP) is 1.11. The van der Waals surface area contributed by atoms with Crippen molar-refractivity contribution < 1.29 is 9.84 Å². The number of ether oxygens (including phenoxy) is 1. The third-order valence-corrected chi connectivity index (χ3v) is 2.30. The van der Waals surface area contributed by atoms with E-state index in [1.807, 2.05) is 0 Å². The first-order valence-corrected chi connectivity index (χ1v) is 4.50. The first-order chi connectivity index (χ1) is 7.67.